The van der Waals surface area contributed by atoms with Crippen LogP contribution in [0.2, 0.25) is 0 Å². The van der Waals surface area contributed by atoms with E-state index in [1.54, 1.807) is 0 Å². The van der Waals surface area contributed by atoms with E-state index >= 15 is 0 Å². The van der Waals surface area contributed by atoms with Gasteiger partial charge in [-0.1, -0.05) is 15.9 Å². The normalized spacial score (nSPS) is 12.4. The van der Waals surface area contributed by atoms with Crippen LogP contribution < -0.4 is 0 Å². The molecule has 52 valence electrons. The van der Waals surface area contributed by atoms with Crippen LogP contribution in [0, 0.1) is 0 Å². The summed E-state index contributed by atoms with van der Waals surface area (Å²) >= 11 is 14.3. The van der Waals surface area contributed by atoms with Gasteiger partial charge in [0.15, 0.2) is 10.1 Å². The average molecular weight is 341 g/mol. The first-order chi connectivity index (χ1) is 4.04. The quantitative estimate of drug-likeness (QED) is 0.557. The van der Waals surface area contributed by atoms with Crippen LogP contribution in [-0.2, 0) is 4.79 Å². The Morgan fingerprint density at radius 3 is 2.11 bits per heavy atom. The van der Waals surface area contributed by atoms with Crippen LogP contribution >= 0.6 is 59.4 Å². The zero-order chi connectivity index (χ0) is 7.44. The molecule has 0 amide bonds. The maximum absolute atomic E-state index is 10.6. The molecular formula is C4H2Br3ClO. The fourth-order valence-corrected chi connectivity index (χ4v) is 0.817. The topological polar surface area (TPSA) is 17.1 Å². The van der Waals surface area contributed by atoms with Crippen molar-refractivity contribution in [3.63, 3.8) is 0 Å². The molecule has 0 saturated heterocycles. The Kier molecular flexibility index (Phi) is 5.50. The van der Waals surface area contributed by atoms with E-state index in [0.29, 0.717) is 3.39 Å². The Bertz CT molecular complexity index is 139. The molecule has 0 radical (unpaired) electrons. The molecular weight excluding hydrogens is 339 g/mol. The van der Waals surface area contributed by atoms with Gasteiger partial charge in [-0.05, 0) is 31.9 Å². The average Bonchev–Trinajstić information content (AvgIpc) is 1.63. The van der Waals surface area contributed by atoms with Crippen LogP contribution in [0.1, 0.15) is 0 Å². The van der Waals surface area contributed by atoms with Crippen LogP contribution in [0.3, 0.4) is 0 Å². The van der Waals surface area contributed by atoms with Gasteiger partial charge < -0.3 is 0 Å². The maximum atomic E-state index is 10.6. The fraction of sp³-hybridized carbons (Fsp3) is 0.250. The van der Waals surface area contributed by atoms with Gasteiger partial charge >= 0.3 is 0 Å². The third-order valence-corrected chi connectivity index (χ3v) is 1.59. The van der Waals surface area contributed by atoms with E-state index in [2.05, 4.69) is 47.8 Å². The van der Waals surface area contributed by atoms with Gasteiger partial charge in [-0.25, -0.2) is 0 Å². The zero-order valence-corrected chi connectivity index (χ0v) is 9.59. The largest absolute Gasteiger partial charge is 0.292 e. The third-order valence-electron chi connectivity index (χ3n) is 0.466. The lowest BCUT2D eigenvalue weighted by molar-refractivity contribution is -0.112. The summed E-state index contributed by atoms with van der Waals surface area (Å²) in [6.07, 6.45) is 1.34. The van der Waals surface area contributed by atoms with Crippen LogP contribution in [-0.4, -0.2) is 10.1 Å². The van der Waals surface area contributed by atoms with E-state index in [0.717, 1.165) is 0 Å². The van der Waals surface area contributed by atoms with Crippen molar-refractivity contribution in [2.45, 2.75) is 4.29 Å². The predicted molar refractivity (Wildman–Crippen MR) is 49.5 cm³/mol. The molecule has 0 aromatic carbocycles. The molecule has 9 heavy (non-hydrogen) atoms. The minimum absolute atomic E-state index is 0.194. The summed E-state index contributed by atoms with van der Waals surface area (Å²) in [5.74, 6) is -0.194. The molecule has 0 unspecified atom stereocenters. The van der Waals surface area contributed by atoms with Crippen LogP contribution in [0.15, 0.2) is 9.47 Å². The number of carbonyl (C=O) groups excluding carboxylic acids is 1. The predicted octanol–water partition coefficient (Wildman–Crippen LogP) is 3.15. The van der Waals surface area contributed by atoms with Gasteiger partial charge in [-0.15, -0.1) is 11.6 Å². The lowest BCUT2D eigenvalue weighted by Crippen LogP contribution is -2.01. The maximum Gasteiger partial charge on any atom is 0.185 e. The second kappa shape index (κ2) is 4.88. The van der Waals surface area contributed by atoms with Gasteiger partial charge in [0, 0.05) is 6.08 Å². The van der Waals surface area contributed by atoms with E-state index in [1.165, 1.54) is 6.08 Å². The molecule has 0 fully saturated rings. The fourth-order valence-electron chi connectivity index (χ4n) is 0.171. The number of rotatable bonds is 2. The van der Waals surface area contributed by atoms with Crippen LogP contribution in [0.5, 0.6) is 0 Å². The van der Waals surface area contributed by atoms with Crippen molar-refractivity contribution in [1.29, 1.82) is 0 Å². The Morgan fingerprint density at radius 1 is 1.56 bits per heavy atom. The summed E-state index contributed by atoms with van der Waals surface area (Å²) in [7, 11) is 0. The Morgan fingerprint density at radius 2 is 2.00 bits per heavy atom. The third kappa shape index (κ3) is 5.58. The first kappa shape index (κ1) is 10.1. The molecule has 0 spiro atoms. The highest BCUT2D eigenvalue weighted by atomic mass is 79.9. The summed E-state index contributed by atoms with van der Waals surface area (Å²) in [5.41, 5.74) is 0. The molecule has 0 aliphatic carbocycles. The molecule has 0 rings (SSSR count). The van der Waals surface area contributed by atoms with E-state index in [4.69, 9.17) is 11.6 Å². The van der Waals surface area contributed by atoms with Crippen molar-refractivity contribution in [3.8, 4) is 0 Å². The van der Waals surface area contributed by atoms with Crippen LogP contribution in [0.4, 0.5) is 0 Å². The molecule has 0 aliphatic rings. The summed E-state index contributed by atoms with van der Waals surface area (Å²) < 4.78 is -0.0484. The van der Waals surface area contributed by atoms with Gasteiger partial charge in [0.25, 0.3) is 0 Å². The second-order valence-electron chi connectivity index (χ2n) is 1.14. The van der Waals surface area contributed by atoms with Crippen molar-refractivity contribution >= 4 is 65.2 Å². The number of hydrogen-bond donors (Lipinski definition) is 0. The van der Waals surface area contributed by atoms with Gasteiger partial charge in [-0.3, -0.25) is 4.79 Å². The highest BCUT2D eigenvalue weighted by Gasteiger charge is 2.06. The van der Waals surface area contributed by atoms with Crippen molar-refractivity contribution in [2.75, 3.05) is 0 Å². The molecule has 0 bridgehead atoms. The van der Waals surface area contributed by atoms with E-state index < -0.39 is 4.29 Å². The minimum atomic E-state index is -0.636. The summed E-state index contributed by atoms with van der Waals surface area (Å²) in [4.78, 5) is 10.6. The van der Waals surface area contributed by atoms with Crippen molar-refractivity contribution < 1.29 is 4.79 Å². The Balaban J connectivity index is 3.93. The Hall–Kier alpha value is 1.14. The van der Waals surface area contributed by atoms with Crippen LogP contribution in [0.25, 0.3) is 0 Å². The highest BCUT2D eigenvalue weighted by molar-refractivity contribution is 9.28. The number of allylic oxidation sites excluding steroid dienone is 1. The number of carbonyl (C=O) groups is 1. The summed E-state index contributed by atoms with van der Waals surface area (Å²) in [6.45, 7) is 0. The molecule has 0 saturated carbocycles. The van der Waals surface area contributed by atoms with E-state index in [-0.39, 0.29) is 5.78 Å². The Labute approximate surface area is 83.2 Å². The zero-order valence-electron chi connectivity index (χ0n) is 4.07. The number of ketones is 1. The molecule has 1 nitrogen and oxygen atoms in total. The van der Waals surface area contributed by atoms with Crippen molar-refractivity contribution in [3.05, 3.63) is 9.47 Å². The first-order valence-electron chi connectivity index (χ1n) is 1.88. The number of halogens is 4. The van der Waals surface area contributed by atoms with Gasteiger partial charge in [0.2, 0.25) is 0 Å². The second-order valence-corrected chi connectivity index (χ2v) is 5.79. The molecule has 0 heterocycles. The molecule has 0 aliphatic heterocycles. The van der Waals surface area contributed by atoms with Crippen molar-refractivity contribution in [1.82, 2.24) is 0 Å². The lowest BCUT2D eigenvalue weighted by Gasteiger charge is -1.90. The smallest absolute Gasteiger partial charge is 0.185 e. The molecule has 0 aromatic rings. The summed E-state index contributed by atoms with van der Waals surface area (Å²) in [5, 5.41) is 0. The van der Waals surface area contributed by atoms with E-state index in [9.17, 15) is 4.79 Å². The van der Waals surface area contributed by atoms with E-state index in [1.807, 2.05) is 0 Å². The molecule has 1 atom stereocenters. The monoisotopic (exact) mass is 338 g/mol. The number of hydrogen-bond acceptors (Lipinski definition) is 1. The summed E-state index contributed by atoms with van der Waals surface area (Å²) in [6, 6.07) is 0. The van der Waals surface area contributed by atoms with Gasteiger partial charge in [0.05, 0.1) is 3.39 Å². The highest BCUT2D eigenvalue weighted by Crippen LogP contribution is 2.15. The minimum Gasteiger partial charge on any atom is -0.292 e. The SMILES string of the molecule is O=C(C=C(Br)Br)[C@@H](Cl)Br. The van der Waals surface area contributed by atoms with Gasteiger partial charge in [-0.2, -0.15) is 0 Å². The molecule has 0 N–H and O–H groups in total. The first-order valence-corrected chi connectivity index (χ1v) is 4.82. The molecule has 0 aromatic heterocycles. The van der Waals surface area contributed by atoms with Gasteiger partial charge in [0.1, 0.15) is 0 Å². The van der Waals surface area contributed by atoms with Crippen molar-refractivity contribution in [2.24, 2.45) is 0 Å². The standard InChI is InChI=1S/C4H2Br3ClO/c5-3(6)1-2(9)4(7)8/h1,4H/t4-/m1/s1. The number of alkyl halides is 2. The molecule has 5 heteroatoms. The lowest BCUT2D eigenvalue weighted by atomic mass is 10.4.